The number of amides is 1. The number of hydrogen-bond acceptors (Lipinski definition) is 12. The van der Waals surface area contributed by atoms with Gasteiger partial charge in [0.15, 0.2) is 17.0 Å². The van der Waals surface area contributed by atoms with Gasteiger partial charge in [0, 0.05) is 28.8 Å². The van der Waals surface area contributed by atoms with Crippen LogP contribution in [0.3, 0.4) is 0 Å². The van der Waals surface area contributed by atoms with Crippen LogP contribution in [0, 0.1) is 0 Å². The molecule has 0 aliphatic heterocycles. The van der Waals surface area contributed by atoms with E-state index in [0.717, 1.165) is 12.0 Å². The van der Waals surface area contributed by atoms with Gasteiger partial charge in [-0.1, -0.05) is 0 Å². The van der Waals surface area contributed by atoms with Crippen LogP contribution in [-0.2, 0) is 25.6 Å². The Bertz CT molecular complexity index is 1340. The second-order valence-electron chi connectivity index (χ2n) is 7.30. The summed E-state index contributed by atoms with van der Waals surface area (Å²) in [7, 11) is 2.37. The number of rotatable bonds is 9. The largest absolute Gasteiger partial charge is 0.469 e. The first kappa shape index (κ1) is 21.0. The van der Waals surface area contributed by atoms with Gasteiger partial charge in [-0.25, -0.2) is 14.8 Å². The molecule has 184 valence electrons. The van der Waals surface area contributed by atoms with Gasteiger partial charge in [0.1, 0.15) is 6.04 Å². The van der Waals surface area contributed by atoms with Crippen molar-refractivity contribution in [3.8, 4) is 0 Å². The number of nitrogens with one attached hydrogen (secondary N) is 1. The molecule has 2 aromatic heterocycles. The van der Waals surface area contributed by atoms with E-state index in [0.29, 0.717) is 0 Å². The smallest absolute Gasteiger partial charge is 0.328 e. The Balaban J connectivity index is 1.80. The van der Waals surface area contributed by atoms with Gasteiger partial charge in [-0.2, -0.15) is 9.97 Å². The molecule has 5 N–H and O–H groups in total. The lowest BCUT2D eigenvalue weighted by atomic mass is 10.1. The standard InChI is InChI=1S/C22H26N8O5/c1-30(11-13-10-25-19-17(26-13)18(23)28-22(24)29-19)14-6-4-12(5-7-14)20(32)27-15(21(33)35-3)8-9-16(31)34-2/h4-7,10,15H,8-9,11H2,1-3H3,(H,27,32)(H4,23,24,25,28,29)/t15-/m0/s1/i1D3. The van der Waals surface area contributed by atoms with E-state index in [4.69, 9.17) is 20.3 Å². The molecule has 35 heavy (non-hydrogen) atoms. The molecule has 0 saturated heterocycles. The molecule has 1 amide bonds. The first-order valence-electron chi connectivity index (χ1n) is 11.8. The summed E-state index contributed by atoms with van der Waals surface area (Å²) in [5.41, 5.74) is 12.5. The Labute approximate surface area is 205 Å². The van der Waals surface area contributed by atoms with E-state index in [9.17, 15) is 14.4 Å². The summed E-state index contributed by atoms with van der Waals surface area (Å²) in [6, 6.07) is 4.60. The average molecular weight is 486 g/mol. The van der Waals surface area contributed by atoms with Crippen molar-refractivity contribution in [1.82, 2.24) is 25.3 Å². The Morgan fingerprint density at radius 1 is 1.11 bits per heavy atom. The number of benzene rings is 1. The first-order chi connectivity index (χ1) is 17.9. The SMILES string of the molecule is [2H]C([2H])([2H])N(Cc1cnc2nc(N)nc(N)c2n1)c1ccc(C(=O)N[C@@H](CCC(=O)OC)C(=O)OC)cc1. The van der Waals surface area contributed by atoms with Crippen LogP contribution in [-0.4, -0.2) is 65.0 Å². The molecule has 0 saturated carbocycles. The minimum Gasteiger partial charge on any atom is -0.469 e. The predicted octanol–water partition coefficient (Wildman–Crippen LogP) is 0.445. The van der Waals surface area contributed by atoms with Crippen LogP contribution in [0.5, 0.6) is 0 Å². The van der Waals surface area contributed by atoms with Gasteiger partial charge in [-0.05, 0) is 30.7 Å². The van der Waals surface area contributed by atoms with Gasteiger partial charge in [-0.15, -0.1) is 0 Å². The fourth-order valence-corrected chi connectivity index (χ4v) is 3.10. The molecule has 3 rings (SSSR count). The number of aromatic nitrogens is 4. The van der Waals surface area contributed by atoms with Crippen LogP contribution in [0.2, 0.25) is 0 Å². The van der Waals surface area contributed by atoms with E-state index < -0.39 is 30.9 Å². The van der Waals surface area contributed by atoms with Crippen molar-refractivity contribution < 1.29 is 28.0 Å². The number of fused-ring (bicyclic) bond motifs is 1. The van der Waals surface area contributed by atoms with Crippen LogP contribution < -0.4 is 21.7 Å². The van der Waals surface area contributed by atoms with E-state index in [1.807, 2.05) is 0 Å². The van der Waals surface area contributed by atoms with Crippen molar-refractivity contribution in [3.05, 3.63) is 41.7 Å². The summed E-state index contributed by atoms with van der Waals surface area (Å²) in [6.45, 7) is -2.75. The lowest BCUT2D eigenvalue weighted by molar-refractivity contribution is -0.144. The average Bonchev–Trinajstić information content (AvgIpc) is 2.88. The molecule has 0 aliphatic carbocycles. The van der Waals surface area contributed by atoms with E-state index in [1.54, 1.807) is 0 Å². The van der Waals surface area contributed by atoms with Crippen molar-refractivity contribution in [2.75, 3.05) is 37.6 Å². The second kappa shape index (κ2) is 11.0. The summed E-state index contributed by atoms with van der Waals surface area (Å²) >= 11 is 0. The number of nitrogens with two attached hydrogens (primary N) is 2. The fourth-order valence-electron chi connectivity index (χ4n) is 3.10. The van der Waals surface area contributed by atoms with Crippen LogP contribution in [0.25, 0.3) is 11.2 Å². The maximum Gasteiger partial charge on any atom is 0.328 e. The number of hydrogen-bond donors (Lipinski definition) is 3. The van der Waals surface area contributed by atoms with E-state index in [1.165, 1.54) is 37.6 Å². The molecular formula is C22H26N8O5. The zero-order valence-corrected chi connectivity index (χ0v) is 19.0. The van der Waals surface area contributed by atoms with Crippen molar-refractivity contribution in [3.63, 3.8) is 0 Å². The minimum atomic E-state index is -2.58. The molecule has 0 spiro atoms. The Morgan fingerprint density at radius 2 is 1.86 bits per heavy atom. The third-order valence-corrected chi connectivity index (χ3v) is 4.92. The lowest BCUT2D eigenvalue weighted by Crippen LogP contribution is -2.41. The topological polar surface area (TPSA) is 189 Å². The molecule has 0 aliphatic rings. The minimum absolute atomic E-state index is 0.00879. The van der Waals surface area contributed by atoms with Crippen molar-refractivity contribution in [1.29, 1.82) is 0 Å². The highest BCUT2D eigenvalue weighted by Crippen LogP contribution is 2.19. The zero-order valence-electron chi connectivity index (χ0n) is 22.0. The van der Waals surface area contributed by atoms with Crippen LogP contribution >= 0.6 is 0 Å². The van der Waals surface area contributed by atoms with Crippen LogP contribution in [0.4, 0.5) is 17.5 Å². The number of ether oxygens (including phenoxy) is 2. The highest BCUT2D eigenvalue weighted by molar-refractivity contribution is 5.97. The lowest BCUT2D eigenvalue weighted by Gasteiger charge is -2.20. The molecule has 13 nitrogen and oxygen atoms in total. The van der Waals surface area contributed by atoms with Gasteiger partial charge >= 0.3 is 11.9 Å². The maximum atomic E-state index is 12.7. The number of anilines is 3. The predicted molar refractivity (Wildman–Crippen MR) is 127 cm³/mol. The molecule has 0 unspecified atom stereocenters. The fraction of sp³-hybridized carbons (Fsp3) is 0.318. The highest BCUT2D eigenvalue weighted by Gasteiger charge is 2.23. The maximum absolute atomic E-state index is 12.7. The number of nitrogens with zero attached hydrogens (tertiary/aromatic N) is 5. The molecule has 2 heterocycles. The van der Waals surface area contributed by atoms with Crippen LogP contribution in [0.1, 0.15) is 33.0 Å². The Hall–Kier alpha value is -4.55. The highest BCUT2D eigenvalue weighted by atomic mass is 16.5. The molecular weight excluding hydrogens is 456 g/mol. The Morgan fingerprint density at radius 3 is 2.51 bits per heavy atom. The first-order valence-corrected chi connectivity index (χ1v) is 10.3. The van der Waals surface area contributed by atoms with E-state index >= 15 is 0 Å². The summed E-state index contributed by atoms with van der Waals surface area (Å²) in [4.78, 5) is 53.6. The van der Waals surface area contributed by atoms with Crippen molar-refractivity contribution in [2.45, 2.75) is 25.4 Å². The van der Waals surface area contributed by atoms with Gasteiger partial charge in [0.2, 0.25) is 5.95 Å². The zero-order chi connectivity index (χ0) is 28.0. The molecule has 1 aromatic carbocycles. The number of carbonyl (C=O) groups excluding carboxylic acids is 3. The van der Waals surface area contributed by atoms with E-state index in [-0.39, 0.29) is 59.3 Å². The second-order valence-corrected chi connectivity index (χ2v) is 7.30. The molecule has 1 atom stereocenters. The molecule has 3 aromatic rings. The molecule has 0 fully saturated rings. The van der Waals surface area contributed by atoms with Gasteiger partial charge in [0.25, 0.3) is 5.91 Å². The van der Waals surface area contributed by atoms with Gasteiger partial charge in [0.05, 0.1) is 32.7 Å². The third-order valence-electron chi connectivity index (χ3n) is 4.92. The van der Waals surface area contributed by atoms with Crippen molar-refractivity contribution >= 4 is 46.5 Å². The summed E-state index contributed by atoms with van der Waals surface area (Å²) < 4.78 is 33.2. The monoisotopic (exact) mass is 485 g/mol. The molecule has 0 radical (unpaired) electrons. The Kier molecular flexibility index (Phi) is 6.63. The third kappa shape index (κ3) is 6.28. The number of methoxy groups -OCH3 is 2. The number of nitrogen functional groups attached to an aromatic ring is 2. The van der Waals surface area contributed by atoms with Gasteiger partial charge < -0.3 is 31.2 Å². The number of carbonyl (C=O) groups is 3. The summed E-state index contributed by atoms with van der Waals surface area (Å²) in [5.74, 6) is -1.94. The van der Waals surface area contributed by atoms with Crippen molar-refractivity contribution in [2.24, 2.45) is 0 Å². The van der Waals surface area contributed by atoms with Gasteiger partial charge in [-0.3, -0.25) is 9.59 Å². The molecule has 0 bridgehead atoms. The normalized spacial score (nSPS) is 13.1. The van der Waals surface area contributed by atoms with E-state index in [2.05, 4.69) is 30.0 Å². The number of esters is 2. The summed E-state index contributed by atoms with van der Waals surface area (Å²) in [6.07, 6.45) is 1.23. The van der Waals surface area contributed by atoms with Crippen LogP contribution in [0.15, 0.2) is 30.5 Å². The quantitative estimate of drug-likeness (QED) is 0.355. The summed E-state index contributed by atoms with van der Waals surface area (Å²) in [5, 5.41) is 2.51. The molecule has 13 heteroatoms.